The molecule has 0 aliphatic rings. The van der Waals surface area contributed by atoms with Crippen LogP contribution in [0.3, 0.4) is 0 Å². The molecule has 4 aromatic carbocycles. The number of nitrogens with one attached hydrogen (secondary N) is 1. The fraction of sp³-hybridized carbons (Fsp3) is 0.0435. The quantitative estimate of drug-likeness (QED) is 0.140. The molecule has 0 bridgehead atoms. The molecule has 4 N–H and O–H groups in total. The monoisotopic (exact) mass is 645 g/mol. The molecule has 0 aliphatic carbocycles. The maximum absolute atomic E-state index is 13.1. The summed E-state index contributed by atoms with van der Waals surface area (Å²) < 4.78 is 96.1. The van der Waals surface area contributed by atoms with E-state index in [4.69, 9.17) is 23.2 Å². The summed E-state index contributed by atoms with van der Waals surface area (Å²) in [4.78, 5) is -2.08. The van der Waals surface area contributed by atoms with E-state index in [1.165, 1.54) is 42.5 Å². The highest BCUT2D eigenvalue weighted by Crippen LogP contribution is 2.46. The molecule has 0 aliphatic heterocycles. The summed E-state index contributed by atoms with van der Waals surface area (Å²) >= 11 is 11.9. The molecule has 17 heteroatoms. The summed E-state index contributed by atoms with van der Waals surface area (Å²) in [5, 5.41) is 18.1. The molecular formula is C23H17Cl2N3O9S3. The number of hydrogen-bond acceptors (Lipinski definition) is 9. The van der Waals surface area contributed by atoms with Gasteiger partial charge in [-0.05, 0) is 60.8 Å². The number of phenolic OH excluding ortho intramolecular Hbond substituents is 1. The first-order valence-corrected chi connectivity index (χ1v) is 15.8. The average molecular weight is 647 g/mol. The molecule has 0 unspecified atom stereocenters. The van der Waals surface area contributed by atoms with Crippen molar-refractivity contribution in [3.63, 3.8) is 0 Å². The van der Waals surface area contributed by atoms with Gasteiger partial charge in [0.1, 0.15) is 16.3 Å². The van der Waals surface area contributed by atoms with Gasteiger partial charge in [-0.3, -0.25) is 13.8 Å². The van der Waals surface area contributed by atoms with Crippen LogP contribution in [0.1, 0.15) is 5.56 Å². The van der Waals surface area contributed by atoms with E-state index in [0.717, 1.165) is 17.7 Å². The van der Waals surface area contributed by atoms with Crippen molar-refractivity contribution in [2.45, 2.75) is 21.6 Å². The van der Waals surface area contributed by atoms with Crippen molar-refractivity contribution in [3.8, 4) is 5.75 Å². The van der Waals surface area contributed by atoms with Gasteiger partial charge in [0.05, 0.1) is 25.9 Å². The molecule has 0 aromatic heterocycles. The van der Waals surface area contributed by atoms with Crippen molar-refractivity contribution in [2.75, 3.05) is 4.72 Å². The fourth-order valence-corrected chi connectivity index (χ4v) is 6.28. The second-order valence-electron chi connectivity index (χ2n) is 8.31. The predicted molar refractivity (Wildman–Crippen MR) is 148 cm³/mol. The summed E-state index contributed by atoms with van der Waals surface area (Å²) in [6, 6.07) is 11.8. The van der Waals surface area contributed by atoms with Gasteiger partial charge >= 0.3 is 0 Å². The zero-order valence-electron chi connectivity index (χ0n) is 19.9. The molecule has 12 nitrogen and oxygen atoms in total. The van der Waals surface area contributed by atoms with Gasteiger partial charge in [-0.1, -0.05) is 40.9 Å². The Morgan fingerprint density at radius 2 is 1.43 bits per heavy atom. The number of hydrogen-bond donors (Lipinski definition) is 4. The van der Waals surface area contributed by atoms with E-state index in [2.05, 4.69) is 15.0 Å². The normalized spacial score (nSPS) is 12.7. The Bertz CT molecular complexity index is 2030. The zero-order chi connectivity index (χ0) is 29.6. The second-order valence-corrected chi connectivity index (χ2v) is 13.6. The molecule has 0 amide bonds. The number of benzene rings is 4. The van der Waals surface area contributed by atoms with Gasteiger partial charge in [0, 0.05) is 5.02 Å². The van der Waals surface area contributed by atoms with Crippen LogP contribution in [0.5, 0.6) is 5.75 Å². The summed E-state index contributed by atoms with van der Waals surface area (Å²) in [7, 11) is -14.5. The number of anilines is 1. The van der Waals surface area contributed by atoms with Gasteiger partial charge in [-0.25, -0.2) is 8.42 Å². The number of aromatic hydroxyl groups is 1. The van der Waals surface area contributed by atoms with Crippen molar-refractivity contribution in [2.24, 2.45) is 10.2 Å². The lowest BCUT2D eigenvalue weighted by atomic mass is 10.1. The first-order valence-electron chi connectivity index (χ1n) is 10.7. The molecular weight excluding hydrogens is 629 g/mol. The van der Waals surface area contributed by atoms with Crippen LogP contribution < -0.4 is 4.72 Å². The lowest BCUT2D eigenvalue weighted by Crippen LogP contribution is -2.14. The number of aryl methyl sites for hydroxylation is 1. The van der Waals surface area contributed by atoms with Crippen LogP contribution in [0.4, 0.5) is 17.1 Å². The van der Waals surface area contributed by atoms with Crippen LogP contribution in [0.2, 0.25) is 10.0 Å². The molecule has 40 heavy (non-hydrogen) atoms. The maximum Gasteiger partial charge on any atom is 0.296 e. The average Bonchev–Trinajstić information content (AvgIpc) is 2.83. The van der Waals surface area contributed by atoms with Crippen LogP contribution in [0.15, 0.2) is 85.6 Å². The van der Waals surface area contributed by atoms with Gasteiger partial charge < -0.3 is 5.11 Å². The largest absolute Gasteiger partial charge is 0.505 e. The first-order chi connectivity index (χ1) is 18.5. The molecule has 0 heterocycles. The summed E-state index contributed by atoms with van der Waals surface area (Å²) in [6.45, 7) is 1.73. The highest BCUT2D eigenvalue weighted by Gasteiger charge is 2.27. The van der Waals surface area contributed by atoms with Crippen molar-refractivity contribution >= 4 is 81.3 Å². The lowest BCUT2D eigenvalue weighted by molar-refractivity contribution is 0.472. The molecule has 4 rings (SSSR count). The predicted octanol–water partition coefficient (Wildman–Crippen LogP) is 5.87. The SMILES string of the molecule is Cc1ccc(S(=O)(=O)Nc2cc(S(=O)(=O)O)cc3cc(S(=O)(=O)O)c(/N=N\c4ccc(Cl)cc4Cl)c(O)c23)cc1. The van der Waals surface area contributed by atoms with E-state index < -0.39 is 67.9 Å². The molecule has 0 saturated carbocycles. The zero-order valence-corrected chi connectivity index (χ0v) is 23.9. The van der Waals surface area contributed by atoms with E-state index in [-0.39, 0.29) is 20.6 Å². The van der Waals surface area contributed by atoms with Crippen molar-refractivity contribution < 1.29 is 39.5 Å². The summed E-state index contributed by atoms with van der Waals surface area (Å²) in [5.41, 5.74) is -0.639. The third kappa shape index (κ3) is 6.20. The Morgan fingerprint density at radius 1 is 0.775 bits per heavy atom. The standard InChI is InChI=1S/C23H17Cl2N3O9S3/c1-12-2-5-15(6-3-12)38(30,31)28-19-11-16(39(32,33)34)8-13-9-20(40(35,36)37)22(23(29)21(13)19)27-26-18-7-4-14(24)10-17(18)25/h2-11,28-29H,1H3,(H,32,33,34)(H,35,36,37)/b27-26-. The van der Waals surface area contributed by atoms with Gasteiger partial charge in [0.15, 0.2) is 5.75 Å². The van der Waals surface area contributed by atoms with Crippen molar-refractivity contribution in [3.05, 3.63) is 76.3 Å². The maximum atomic E-state index is 13.1. The third-order valence-electron chi connectivity index (χ3n) is 5.44. The Kier molecular flexibility index (Phi) is 7.85. The molecule has 4 aromatic rings. The topological polar surface area (TPSA) is 200 Å². The number of rotatable bonds is 7. The second kappa shape index (κ2) is 10.6. The van der Waals surface area contributed by atoms with Gasteiger partial charge in [0.25, 0.3) is 30.3 Å². The van der Waals surface area contributed by atoms with Gasteiger partial charge in [-0.15, -0.1) is 10.2 Å². The molecule has 0 saturated heterocycles. The van der Waals surface area contributed by atoms with Crippen LogP contribution >= 0.6 is 23.2 Å². The van der Waals surface area contributed by atoms with E-state index >= 15 is 0 Å². The molecule has 0 atom stereocenters. The highest BCUT2D eigenvalue weighted by molar-refractivity contribution is 7.92. The number of phenols is 1. The third-order valence-corrected chi connectivity index (χ3v) is 9.06. The Balaban J connectivity index is 2.03. The molecule has 0 spiro atoms. The number of azo groups is 1. The van der Waals surface area contributed by atoms with Crippen LogP contribution in [0.25, 0.3) is 10.8 Å². The van der Waals surface area contributed by atoms with E-state index in [0.29, 0.717) is 6.07 Å². The highest BCUT2D eigenvalue weighted by atomic mass is 35.5. The minimum atomic E-state index is -5.13. The van der Waals surface area contributed by atoms with Crippen LogP contribution in [-0.2, 0) is 30.3 Å². The Labute approximate surface area is 238 Å². The fourth-order valence-electron chi connectivity index (χ4n) is 3.57. The van der Waals surface area contributed by atoms with E-state index in [1.54, 1.807) is 6.92 Å². The number of sulfonamides is 1. The number of halogens is 2. The van der Waals surface area contributed by atoms with Gasteiger partial charge in [-0.2, -0.15) is 16.8 Å². The lowest BCUT2D eigenvalue weighted by Gasteiger charge is -2.16. The summed E-state index contributed by atoms with van der Waals surface area (Å²) in [6.07, 6.45) is 0. The van der Waals surface area contributed by atoms with Crippen LogP contribution in [-0.4, -0.2) is 39.5 Å². The molecule has 0 radical (unpaired) electrons. The Morgan fingerprint density at radius 3 is 2.00 bits per heavy atom. The Hall–Kier alpha value is -3.31. The minimum Gasteiger partial charge on any atom is -0.505 e. The first kappa shape index (κ1) is 29.7. The smallest absolute Gasteiger partial charge is 0.296 e. The van der Waals surface area contributed by atoms with E-state index in [1.807, 2.05) is 0 Å². The number of nitrogens with zero attached hydrogens (tertiary/aromatic N) is 2. The molecule has 0 fully saturated rings. The van der Waals surface area contributed by atoms with Crippen molar-refractivity contribution in [1.82, 2.24) is 0 Å². The number of fused-ring (bicyclic) bond motifs is 1. The minimum absolute atomic E-state index is 0.00568. The van der Waals surface area contributed by atoms with E-state index in [9.17, 15) is 39.5 Å². The molecule has 210 valence electrons. The van der Waals surface area contributed by atoms with Crippen molar-refractivity contribution in [1.29, 1.82) is 0 Å². The summed E-state index contributed by atoms with van der Waals surface area (Å²) in [5.74, 6) is -0.998. The van der Waals surface area contributed by atoms with Crippen LogP contribution in [0, 0.1) is 6.92 Å². The van der Waals surface area contributed by atoms with Gasteiger partial charge in [0.2, 0.25) is 0 Å².